The van der Waals surface area contributed by atoms with E-state index in [0.717, 1.165) is 50.0 Å². The van der Waals surface area contributed by atoms with Crippen molar-refractivity contribution in [1.29, 1.82) is 0 Å². The highest BCUT2D eigenvalue weighted by molar-refractivity contribution is 6.01. The van der Waals surface area contributed by atoms with Crippen LogP contribution < -0.4 is 0 Å². The van der Waals surface area contributed by atoms with Gasteiger partial charge in [0, 0.05) is 38.8 Å². The highest BCUT2D eigenvalue weighted by Gasteiger charge is 2.42. The van der Waals surface area contributed by atoms with Gasteiger partial charge in [0.1, 0.15) is 5.60 Å². The Balaban J connectivity index is 1.54. The van der Waals surface area contributed by atoms with Gasteiger partial charge in [-0.25, -0.2) is 0 Å². The van der Waals surface area contributed by atoms with Crippen LogP contribution in [0, 0.1) is 12.8 Å². The molecule has 1 spiro atoms. The molecule has 0 bridgehead atoms. The molecule has 0 aromatic heterocycles. The molecule has 1 amide bonds. The highest BCUT2D eigenvalue weighted by atomic mass is 16.7. The van der Waals surface area contributed by atoms with E-state index in [1.165, 1.54) is 5.56 Å². The predicted molar refractivity (Wildman–Crippen MR) is 96.0 cm³/mol. The molecule has 3 rings (SSSR count). The van der Waals surface area contributed by atoms with Crippen LogP contribution >= 0.6 is 0 Å². The summed E-state index contributed by atoms with van der Waals surface area (Å²) in [6.07, 6.45) is 4.23. The van der Waals surface area contributed by atoms with Gasteiger partial charge in [-0.2, -0.15) is 0 Å². The predicted octanol–water partition coefficient (Wildman–Crippen LogP) is 3.92. The number of benzene rings is 1. The van der Waals surface area contributed by atoms with Crippen molar-refractivity contribution in [1.82, 2.24) is 4.90 Å². The highest BCUT2D eigenvalue weighted by Crippen LogP contribution is 2.36. The summed E-state index contributed by atoms with van der Waals surface area (Å²) in [5.41, 5.74) is 3.23. The molecule has 0 atom stereocenters. The number of rotatable bonds is 4. The first-order chi connectivity index (χ1) is 11.5. The number of piperidine rings is 1. The Hall–Kier alpha value is -1.84. The minimum Gasteiger partial charge on any atom is -0.388 e. The number of carbonyl (C=O) groups is 1. The Morgan fingerprint density at radius 1 is 1.25 bits per heavy atom. The van der Waals surface area contributed by atoms with Gasteiger partial charge >= 0.3 is 0 Å². The average molecular weight is 328 g/mol. The Kier molecular flexibility index (Phi) is 4.93. The third kappa shape index (κ3) is 3.80. The Morgan fingerprint density at radius 3 is 2.54 bits per heavy atom. The van der Waals surface area contributed by atoms with Gasteiger partial charge < -0.3 is 9.74 Å². The lowest BCUT2D eigenvalue weighted by atomic mass is 9.85. The molecule has 1 aromatic carbocycles. The van der Waals surface area contributed by atoms with E-state index < -0.39 is 0 Å². The topological polar surface area (TPSA) is 41.9 Å². The van der Waals surface area contributed by atoms with E-state index in [4.69, 9.17) is 4.84 Å². The number of nitrogens with zero attached hydrogens (tertiary/aromatic N) is 2. The smallest absolute Gasteiger partial charge is 0.222 e. The van der Waals surface area contributed by atoms with E-state index >= 15 is 0 Å². The van der Waals surface area contributed by atoms with Crippen molar-refractivity contribution in [2.75, 3.05) is 13.1 Å². The maximum absolute atomic E-state index is 12.3. The second-order valence-corrected chi connectivity index (χ2v) is 7.67. The maximum Gasteiger partial charge on any atom is 0.222 e. The van der Waals surface area contributed by atoms with Crippen LogP contribution in [0.25, 0.3) is 0 Å². The van der Waals surface area contributed by atoms with Crippen molar-refractivity contribution in [3.8, 4) is 0 Å². The molecule has 4 nitrogen and oxygen atoms in total. The number of likely N-dealkylation sites (tertiary alicyclic amines) is 1. The summed E-state index contributed by atoms with van der Waals surface area (Å²) in [6.45, 7) is 7.98. The van der Waals surface area contributed by atoms with Crippen molar-refractivity contribution >= 4 is 11.6 Å². The number of hydrogen-bond donors (Lipinski definition) is 0. The first-order valence-electron chi connectivity index (χ1n) is 9.07. The summed E-state index contributed by atoms with van der Waals surface area (Å²) in [7, 11) is 0. The quantitative estimate of drug-likeness (QED) is 0.841. The van der Waals surface area contributed by atoms with Gasteiger partial charge in [-0.3, -0.25) is 4.79 Å². The first kappa shape index (κ1) is 17.0. The molecule has 0 N–H and O–H groups in total. The molecule has 0 radical (unpaired) electrons. The molecule has 1 aromatic rings. The molecule has 0 unspecified atom stereocenters. The fraction of sp³-hybridized carbons (Fsp3) is 0.600. The van der Waals surface area contributed by atoms with E-state index in [9.17, 15) is 4.79 Å². The molecule has 0 saturated carbocycles. The number of aryl methyl sites for hydroxylation is 1. The summed E-state index contributed by atoms with van der Waals surface area (Å²) >= 11 is 0. The van der Waals surface area contributed by atoms with Gasteiger partial charge in [0.05, 0.1) is 5.71 Å². The molecular formula is C20H28N2O2. The van der Waals surface area contributed by atoms with Crippen molar-refractivity contribution in [3.63, 3.8) is 0 Å². The molecule has 2 aliphatic heterocycles. The van der Waals surface area contributed by atoms with Crippen LogP contribution in [0.15, 0.2) is 29.4 Å². The summed E-state index contributed by atoms with van der Waals surface area (Å²) in [5, 5.41) is 4.36. The minimum absolute atomic E-state index is 0.199. The summed E-state index contributed by atoms with van der Waals surface area (Å²) in [5.74, 6) is 0.866. The van der Waals surface area contributed by atoms with Crippen molar-refractivity contribution in [2.24, 2.45) is 11.1 Å². The van der Waals surface area contributed by atoms with Crippen LogP contribution in [-0.4, -0.2) is 35.2 Å². The van der Waals surface area contributed by atoms with Crippen LogP contribution in [0.3, 0.4) is 0 Å². The van der Waals surface area contributed by atoms with Crippen molar-refractivity contribution in [2.45, 2.75) is 58.5 Å². The summed E-state index contributed by atoms with van der Waals surface area (Å²) < 4.78 is 0. The van der Waals surface area contributed by atoms with E-state index in [2.05, 4.69) is 50.2 Å². The van der Waals surface area contributed by atoms with E-state index in [1.807, 2.05) is 4.90 Å². The lowest BCUT2D eigenvalue weighted by Crippen LogP contribution is -2.46. The second kappa shape index (κ2) is 6.96. The van der Waals surface area contributed by atoms with Crippen LogP contribution in [0.5, 0.6) is 0 Å². The lowest BCUT2D eigenvalue weighted by molar-refractivity contribution is -0.137. The van der Waals surface area contributed by atoms with E-state index in [0.29, 0.717) is 12.3 Å². The maximum atomic E-state index is 12.3. The molecule has 0 aliphatic carbocycles. The lowest BCUT2D eigenvalue weighted by Gasteiger charge is -2.37. The molecule has 2 aliphatic rings. The molecule has 130 valence electrons. The van der Waals surface area contributed by atoms with Crippen molar-refractivity contribution < 1.29 is 9.63 Å². The SMILES string of the molecule is Cc1ccc(C2=NOC3(CCN(C(=O)CCC(C)C)CC3)C2)cc1. The molecule has 4 heteroatoms. The van der Waals surface area contributed by atoms with Gasteiger partial charge in [-0.15, -0.1) is 0 Å². The van der Waals surface area contributed by atoms with Crippen LogP contribution in [0.1, 0.15) is 57.1 Å². The minimum atomic E-state index is -0.199. The zero-order chi connectivity index (χ0) is 17.2. The van der Waals surface area contributed by atoms with Gasteiger partial charge in [0.25, 0.3) is 0 Å². The van der Waals surface area contributed by atoms with Crippen LogP contribution in [0.2, 0.25) is 0 Å². The van der Waals surface area contributed by atoms with E-state index in [-0.39, 0.29) is 11.5 Å². The van der Waals surface area contributed by atoms with Crippen LogP contribution in [-0.2, 0) is 9.63 Å². The summed E-state index contributed by atoms with van der Waals surface area (Å²) in [6, 6.07) is 8.44. The van der Waals surface area contributed by atoms with Gasteiger partial charge in [0.15, 0.2) is 0 Å². The van der Waals surface area contributed by atoms with Gasteiger partial charge in [-0.1, -0.05) is 48.8 Å². The zero-order valence-corrected chi connectivity index (χ0v) is 15.0. The number of oxime groups is 1. The third-order valence-corrected chi connectivity index (χ3v) is 5.19. The Bertz CT molecular complexity index is 611. The molecule has 1 fully saturated rings. The number of hydrogen-bond acceptors (Lipinski definition) is 3. The largest absolute Gasteiger partial charge is 0.388 e. The van der Waals surface area contributed by atoms with Gasteiger partial charge in [0.2, 0.25) is 5.91 Å². The van der Waals surface area contributed by atoms with Gasteiger partial charge in [-0.05, 0) is 24.8 Å². The monoisotopic (exact) mass is 328 g/mol. The Morgan fingerprint density at radius 2 is 1.92 bits per heavy atom. The fourth-order valence-electron chi connectivity index (χ4n) is 3.42. The number of amides is 1. The summed E-state index contributed by atoms with van der Waals surface area (Å²) in [4.78, 5) is 20.1. The van der Waals surface area contributed by atoms with Crippen molar-refractivity contribution in [3.05, 3.63) is 35.4 Å². The molecule has 24 heavy (non-hydrogen) atoms. The number of carbonyl (C=O) groups excluding carboxylic acids is 1. The average Bonchev–Trinajstić information content (AvgIpc) is 2.98. The first-order valence-corrected chi connectivity index (χ1v) is 9.07. The molecule has 1 saturated heterocycles. The van der Waals surface area contributed by atoms with Crippen LogP contribution in [0.4, 0.5) is 0 Å². The second-order valence-electron chi connectivity index (χ2n) is 7.67. The van der Waals surface area contributed by atoms with E-state index in [1.54, 1.807) is 0 Å². The zero-order valence-electron chi connectivity index (χ0n) is 15.0. The third-order valence-electron chi connectivity index (χ3n) is 5.19. The normalized spacial score (nSPS) is 19.5. The standard InChI is InChI=1S/C20H28N2O2/c1-15(2)4-9-19(23)22-12-10-20(11-13-22)14-18(21-24-20)17-7-5-16(3)6-8-17/h5-8,15H,4,9-14H2,1-3H3. The fourth-order valence-corrected chi connectivity index (χ4v) is 3.42. The molecular weight excluding hydrogens is 300 g/mol. The molecule has 2 heterocycles. The Labute approximate surface area is 144 Å².